The number of rotatable bonds is 6. The van der Waals surface area contributed by atoms with E-state index in [9.17, 15) is 4.39 Å². The maximum atomic E-state index is 13.1. The molecule has 3 N–H and O–H groups in total. The molecule has 10 heteroatoms. The van der Waals surface area contributed by atoms with E-state index in [1.54, 1.807) is 19.2 Å². The molecule has 0 aliphatic heterocycles. The fourth-order valence-corrected chi connectivity index (χ4v) is 3.29. The second-order valence-corrected chi connectivity index (χ2v) is 6.65. The topological polar surface area (TPSA) is 101 Å². The number of aromatic nitrogens is 5. The summed E-state index contributed by atoms with van der Waals surface area (Å²) in [4.78, 5) is 14.0. The number of thiophene rings is 1. The highest BCUT2D eigenvalue weighted by atomic mass is 32.1. The number of anilines is 3. The number of hydrogen-bond acceptors (Lipinski definition) is 8. The summed E-state index contributed by atoms with van der Waals surface area (Å²) in [5.41, 5.74) is 0.694. The molecule has 4 aromatic rings. The number of aromatic amines is 1. The second kappa shape index (κ2) is 7.16. The lowest BCUT2D eigenvalue weighted by Gasteiger charge is -2.14. The van der Waals surface area contributed by atoms with Gasteiger partial charge in [0.1, 0.15) is 22.3 Å². The number of hydrogen-bond donors (Lipinski definition) is 3. The first-order chi connectivity index (χ1) is 13.1. The molecule has 1 atom stereocenters. The van der Waals surface area contributed by atoms with Gasteiger partial charge in [-0.2, -0.15) is 4.98 Å². The summed E-state index contributed by atoms with van der Waals surface area (Å²) in [5, 5.41) is 16.1. The van der Waals surface area contributed by atoms with Crippen molar-refractivity contribution < 1.29 is 9.13 Å². The molecule has 0 fully saturated rings. The largest absolute Gasteiger partial charge is 0.480 e. The molecule has 0 unspecified atom stereocenters. The molecule has 4 rings (SSSR count). The summed E-state index contributed by atoms with van der Waals surface area (Å²) in [7, 11) is 1.55. The second-order valence-electron chi connectivity index (χ2n) is 5.75. The van der Waals surface area contributed by atoms with Crippen molar-refractivity contribution in [2.24, 2.45) is 0 Å². The van der Waals surface area contributed by atoms with Gasteiger partial charge in [0, 0.05) is 6.07 Å². The van der Waals surface area contributed by atoms with Crippen molar-refractivity contribution in [3.05, 3.63) is 47.4 Å². The van der Waals surface area contributed by atoms with Crippen molar-refractivity contribution in [2.45, 2.75) is 13.0 Å². The van der Waals surface area contributed by atoms with E-state index in [2.05, 4.69) is 35.8 Å². The molecular weight excluding hydrogens is 369 g/mol. The minimum atomic E-state index is -0.372. The molecule has 4 heterocycles. The maximum Gasteiger partial charge on any atom is 0.234 e. The lowest BCUT2D eigenvalue weighted by Crippen LogP contribution is -2.11. The number of halogens is 1. The number of ether oxygens (including phenoxy) is 1. The van der Waals surface area contributed by atoms with Crippen LogP contribution in [-0.4, -0.2) is 32.3 Å². The van der Waals surface area contributed by atoms with Gasteiger partial charge in [0.25, 0.3) is 0 Å². The molecule has 4 aromatic heterocycles. The lowest BCUT2D eigenvalue weighted by molar-refractivity contribution is 0.397. The number of nitrogens with one attached hydrogen (secondary N) is 3. The minimum Gasteiger partial charge on any atom is -0.480 e. The first kappa shape index (κ1) is 17.2. The van der Waals surface area contributed by atoms with Crippen molar-refractivity contribution in [1.29, 1.82) is 0 Å². The number of nitrogens with zero attached hydrogens (tertiary/aromatic N) is 4. The minimum absolute atomic E-state index is 0.192. The Labute approximate surface area is 157 Å². The molecule has 0 aliphatic carbocycles. The van der Waals surface area contributed by atoms with Crippen molar-refractivity contribution >= 4 is 39.1 Å². The molecule has 8 nitrogen and oxygen atoms in total. The fourth-order valence-electron chi connectivity index (χ4n) is 2.53. The Morgan fingerprint density at radius 2 is 2.15 bits per heavy atom. The van der Waals surface area contributed by atoms with Crippen LogP contribution in [0.3, 0.4) is 0 Å². The Hall–Kier alpha value is -3.27. The van der Waals surface area contributed by atoms with Crippen LogP contribution in [0.15, 0.2) is 35.8 Å². The standard InChI is InChI=1S/C17H16FN7OS/c1-9(12-4-3-10(18)8-19-12)20-17-22-15(11-5-6-27-16(11)23-17)21-13-7-14(26-2)25-24-13/h3-9H,1-2H3,(H3,20,21,22,23,24,25)/t9-/m0/s1. The van der Waals surface area contributed by atoms with E-state index in [0.717, 1.165) is 10.2 Å². The van der Waals surface area contributed by atoms with Gasteiger partial charge < -0.3 is 15.4 Å². The smallest absolute Gasteiger partial charge is 0.234 e. The average molecular weight is 385 g/mol. The van der Waals surface area contributed by atoms with Crippen LogP contribution in [0, 0.1) is 5.82 Å². The Bertz CT molecular complexity index is 1060. The highest BCUT2D eigenvalue weighted by molar-refractivity contribution is 7.16. The van der Waals surface area contributed by atoms with E-state index >= 15 is 0 Å². The van der Waals surface area contributed by atoms with Crippen LogP contribution in [0.5, 0.6) is 5.88 Å². The molecule has 27 heavy (non-hydrogen) atoms. The van der Waals surface area contributed by atoms with E-state index in [1.807, 2.05) is 18.4 Å². The predicted molar refractivity (Wildman–Crippen MR) is 102 cm³/mol. The Morgan fingerprint density at radius 3 is 2.89 bits per heavy atom. The zero-order chi connectivity index (χ0) is 18.8. The van der Waals surface area contributed by atoms with Crippen LogP contribution < -0.4 is 15.4 Å². The van der Waals surface area contributed by atoms with Crippen LogP contribution in [0.1, 0.15) is 18.7 Å². The van der Waals surface area contributed by atoms with Crippen LogP contribution in [-0.2, 0) is 0 Å². The summed E-state index contributed by atoms with van der Waals surface area (Å²) in [6, 6.07) is 6.50. The van der Waals surface area contributed by atoms with Crippen molar-refractivity contribution in [2.75, 3.05) is 17.7 Å². The van der Waals surface area contributed by atoms with Gasteiger partial charge in [-0.1, -0.05) is 0 Å². The van der Waals surface area contributed by atoms with Crippen LogP contribution in [0.25, 0.3) is 10.2 Å². The first-order valence-electron chi connectivity index (χ1n) is 8.12. The van der Waals surface area contributed by atoms with Crippen molar-refractivity contribution in [1.82, 2.24) is 25.1 Å². The van der Waals surface area contributed by atoms with Crippen molar-refractivity contribution in [3.63, 3.8) is 0 Å². The number of H-pyrrole nitrogens is 1. The Balaban J connectivity index is 1.62. The average Bonchev–Trinajstić information content (AvgIpc) is 3.31. The molecule has 0 radical (unpaired) electrons. The number of pyridine rings is 1. The Kier molecular flexibility index (Phi) is 4.55. The van der Waals surface area contributed by atoms with E-state index in [0.29, 0.717) is 29.2 Å². The van der Waals surface area contributed by atoms with Gasteiger partial charge in [-0.05, 0) is 30.5 Å². The molecule has 0 saturated heterocycles. The zero-order valence-corrected chi connectivity index (χ0v) is 15.3. The van der Waals surface area contributed by atoms with E-state index in [1.165, 1.54) is 23.6 Å². The molecular formula is C17H16FN7OS. The Morgan fingerprint density at radius 1 is 1.26 bits per heavy atom. The monoisotopic (exact) mass is 385 g/mol. The van der Waals surface area contributed by atoms with E-state index in [4.69, 9.17) is 4.74 Å². The molecule has 0 aliphatic rings. The molecule has 0 saturated carbocycles. The summed E-state index contributed by atoms with van der Waals surface area (Å²) >= 11 is 1.51. The summed E-state index contributed by atoms with van der Waals surface area (Å²) in [6.07, 6.45) is 1.19. The highest BCUT2D eigenvalue weighted by Gasteiger charge is 2.14. The van der Waals surface area contributed by atoms with Crippen LogP contribution in [0.4, 0.5) is 22.0 Å². The molecule has 0 spiro atoms. The third-order valence-electron chi connectivity index (χ3n) is 3.88. The summed E-state index contributed by atoms with van der Waals surface area (Å²) < 4.78 is 18.2. The lowest BCUT2D eigenvalue weighted by atomic mass is 10.2. The summed E-state index contributed by atoms with van der Waals surface area (Å²) in [5.74, 6) is 1.83. The van der Waals surface area contributed by atoms with Crippen LogP contribution >= 0.6 is 11.3 Å². The van der Waals surface area contributed by atoms with Gasteiger partial charge in [-0.25, -0.2) is 9.37 Å². The number of fused-ring (bicyclic) bond motifs is 1. The summed E-state index contributed by atoms with van der Waals surface area (Å²) in [6.45, 7) is 1.91. The van der Waals surface area contributed by atoms with Gasteiger partial charge in [0.15, 0.2) is 0 Å². The highest BCUT2D eigenvalue weighted by Crippen LogP contribution is 2.29. The number of methoxy groups -OCH3 is 1. The normalized spacial score (nSPS) is 12.1. The quantitative estimate of drug-likeness (QED) is 0.463. The van der Waals surface area contributed by atoms with Gasteiger partial charge in [0.2, 0.25) is 11.8 Å². The molecule has 138 valence electrons. The van der Waals surface area contributed by atoms with Crippen LogP contribution in [0.2, 0.25) is 0 Å². The van der Waals surface area contributed by atoms with Gasteiger partial charge in [0.05, 0.1) is 30.4 Å². The molecule has 0 bridgehead atoms. The molecule has 0 amide bonds. The third kappa shape index (κ3) is 3.65. The zero-order valence-electron chi connectivity index (χ0n) is 14.5. The van der Waals surface area contributed by atoms with Gasteiger partial charge in [-0.15, -0.1) is 16.4 Å². The third-order valence-corrected chi connectivity index (χ3v) is 4.69. The maximum absolute atomic E-state index is 13.1. The van der Waals surface area contributed by atoms with Gasteiger partial charge in [-0.3, -0.25) is 10.1 Å². The first-order valence-corrected chi connectivity index (χ1v) is 9.00. The predicted octanol–water partition coefficient (Wildman–Crippen LogP) is 3.87. The molecule has 0 aromatic carbocycles. The van der Waals surface area contributed by atoms with E-state index < -0.39 is 0 Å². The fraction of sp³-hybridized carbons (Fsp3) is 0.176. The van der Waals surface area contributed by atoms with E-state index in [-0.39, 0.29) is 11.9 Å². The SMILES string of the molecule is COc1cc(Nc2nc(N[C@@H](C)c3ccc(F)cn3)nc3sccc23)[nH]n1. The van der Waals surface area contributed by atoms with Gasteiger partial charge >= 0.3 is 0 Å². The van der Waals surface area contributed by atoms with Crippen molar-refractivity contribution in [3.8, 4) is 5.88 Å².